The van der Waals surface area contributed by atoms with E-state index >= 15 is 0 Å². The van der Waals surface area contributed by atoms with Crippen molar-refractivity contribution in [2.45, 2.75) is 176 Å². The Morgan fingerprint density at radius 2 is 0.872 bits per heavy atom. The third kappa shape index (κ3) is 11.3. The second-order valence-electron chi connectivity index (χ2n) is 17.5. The predicted octanol–water partition coefficient (Wildman–Crippen LogP) is 10.1. The van der Waals surface area contributed by atoms with Crippen LogP contribution in [0.15, 0.2) is 0 Å². The van der Waals surface area contributed by atoms with Gasteiger partial charge in [-0.25, -0.2) is 0 Å². The lowest BCUT2D eigenvalue weighted by molar-refractivity contribution is -0.0106. The second kappa shape index (κ2) is 13.9. The largest absolute Gasteiger partial charge is 0.416 e. The smallest absolute Gasteiger partial charge is 0.192 e. The van der Waals surface area contributed by atoms with Gasteiger partial charge in [0.25, 0.3) is 0 Å². The summed E-state index contributed by atoms with van der Waals surface area (Å²) < 4.78 is 21.0. The molecule has 0 radical (unpaired) electrons. The summed E-state index contributed by atoms with van der Waals surface area (Å²) in [5.74, 6) is 1.02. The number of hydrogen-bond acceptors (Lipinski definition) is 4. The molecule has 0 rings (SSSR count). The van der Waals surface area contributed by atoms with Gasteiger partial charge in [-0.1, -0.05) is 90.0 Å². The molecule has 0 aliphatic heterocycles. The molecule has 4 nitrogen and oxygen atoms in total. The van der Waals surface area contributed by atoms with Crippen molar-refractivity contribution in [1.29, 1.82) is 0 Å². The SMILES string of the molecule is CC(O)C(C)C(O[Si](C)(C)C(C)(C)C)C(C)CC(C)C(O[Si](C)(C)C(C)(C)C)C(C)CO[Si](C)(C)C(C)(C)C. The molecule has 0 spiro atoms. The van der Waals surface area contributed by atoms with Gasteiger partial charge in [0.1, 0.15) is 0 Å². The average molecular weight is 605 g/mol. The molecule has 0 heterocycles. The standard InChI is InChI=1S/C32H72O4Si3/c1-23(21-24(2)29(26(4)27(5)33)36-39(19,20)32(12,13)14)28(35-38(17,18)31(9,10)11)25(3)22-34-37(15,16)30(6,7)8/h23-29,33H,21-22H2,1-20H3. The summed E-state index contributed by atoms with van der Waals surface area (Å²) >= 11 is 0. The molecule has 0 aromatic rings. The van der Waals surface area contributed by atoms with E-state index in [0.29, 0.717) is 17.8 Å². The van der Waals surface area contributed by atoms with Crippen LogP contribution in [0.2, 0.25) is 54.4 Å². The van der Waals surface area contributed by atoms with Crippen molar-refractivity contribution >= 4 is 25.0 Å². The number of aliphatic hydroxyl groups excluding tert-OH is 1. The highest BCUT2D eigenvalue weighted by Gasteiger charge is 2.45. The summed E-state index contributed by atoms with van der Waals surface area (Å²) in [5, 5.41) is 11.1. The van der Waals surface area contributed by atoms with Crippen molar-refractivity contribution in [3.63, 3.8) is 0 Å². The van der Waals surface area contributed by atoms with E-state index in [1.54, 1.807) is 0 Å². The summed E-state index contributed by atoms with van der Waals surface area (Å²) in [6.07, 6.45) is 0.725. The molecule has 7 atom stereocenters. The molecule has 1 N–H and O–H groups in total. The Labute approximate surface area is 249 Å². The maximum atomic E-state index is 10.6. The van der Waals surface area contributed by atoms with Crippen LogP contribution in [-0.2, 0) is 13.3 Å². The molecule has 0 aromatic carbocycles. The lowest BCUT2D eigenvalue weighted by Crippen LogP contribution is -2.51. The van der Waals surface area contributed by atoms with E-state index in [1.807, 2.05) is 6.92 Å². The molecule has 0 amide bonds. The number of rotatable bonds is 14. The van der Waals surface area contributed by atoms with E-state index in [9.17, 15) is 5.11 Å². The Balaban J connectivity index is 6.17. The van der Waals surface area contributed by atoms with E-state index in [1.165, 1.54) is 0 Å². The molecular weight excluding hydrogens is 533 g/mol. The van der Waals surface area contributed by atoms with E-state index in [-0.39, 0.29) is 33.2 Å². The van der Waals surface area contributed by atoms with Gasteiger partial charge < -0.3 is 18.4 Å². The lowest BCUT2D eigenvalue weighted by atomic mass is 9.81. The van der Waals surface area contributed by atoms with Crippen LogP contribution in [0.4, 0.5) is 0 Å². The molecule has 0 saturated heterocycles. The Bertz CT molecular complexity index is 729. The number of hydrogen-bond donors (Lipinski definition) is 1. The summed E-state index contributed by atoms with van der Waals surface area (Å²) in [6.45, 7) is 46.7. The van der Waals surface area contributed by atoms with Crippen LogP contribution in [0.1, 0.15) is 103 Å². The Morgan fingerprint density at radius 3 is 1.21 bits per heavy atom. The minimum absolute atomic E-state index is 0.0145. The summed E-state index contributed by atoms with van der Waals surface area (Å²) in [6, 6.07) is 0. The van der Waals surface area contributed by atoms with Crippen LogP contribution >= 0.6 is 0 Å². The first kappa shape index (κ1) is 39.5. The topological polar surface area (TPSA) is 47.9 Å². The molecule has 0 fully saturated rings. The quantitative estimate of drug-likeness (QED) is 0.200. The maximum Gasteiger partial charge on any atom is 0.192 e. The molecule has 7 unspecified atom stereocenters. The summed E-state index contributed by atoms with van der Waals surface area (Å²) in [4.78, 5) is 0. The molecule has 0 aromatic heterocycles. The van der Waals surface area contributed by atoms with Crippen molar-refractivity contribution in [3.8, 4) is 0 Å². The highest BCUT2D eigenvalue weighted by Crippen LogP contribution is 2.43. The monoisotopic (exact) mass is 604 g/mol. The first-order chi connectivity index (χ1) is 17.0. The summed E-state index contributed by atoms with van der Waals surface area (Å²) in [7, 11) is -5.85. The fraction of sp³-hybridized carbons (Fsp3) is 1.00. The average Bonchev–Trinajstić information content (AvgIpc) is 2.70. The lowest BCUT2D eigenvalue weighted by Gasteiger charge is -2.46. The van der Waals surface area contributed by atoms with Gasteiger partial charge in [0.15, 0.2) is 25.0 Å². The van der Waals surface area contributed by atoms with Crippen LogP contribution in [0.3, 0.4) is 0 Å². The fourth-order valence-corrected chi connectivity index (χ4v) is 8.44. The Kier molecular flexibility index (Phi) is 14.0. The first-order valence-corrected chi connectivity index (χ1v) is 24.4. The maximum absolute atomic E-state index is 10.6. The van der Waals surface area contributed by atoms with Crippen molar-refractivity contribution in [2.24, 2.45) is 23.7 Å². The molecule has 0 aliphatic carbocycles. The van der Waals surface area contributed by atoms with Gasteiger partial charge in [0, 0.05) is 18.4 Å². The molecule has 39 heavy (non-hydrogen) atoms. The van der Waals surface area contributed by atoms with Crippen molar-refractivity contribution in [2.75, 3.05) is 6.61 Å². The molecule has 0 bridgehead atoms. The third-order valence-corrected chi connectivity index (χ3v) is 24.1. The second-order valence-corrected chi connectivity index (χ2v) is 31.8. The van der Waals surface area contributed by atoms with Crippen LogP contribution in [0, 0.1) is 23.7 Å². The fourth-order valence-electron chi connectivity index (χ4n) is 4.35. The zero-order valence-electron chi connectivity index (χ0n) is 30.1. The van der Waals surface area contributed by atoms with Crippen LogP contribution < -0.4 is 0 Å². The molecule has 7 heteroatoms. The highest BCUT2D eigenvalue weighted by molar-refractivity contribution is 6.75. The van der Waals surface area contributed by atoms with Crippen molar-refractivity contribution in [1.82, 2.24) is 0 Å². The Hall–Kier alpha value is 0.491. The number of aliphatic hydroxyl groups is 1. The van der Waals surface area contributed by atoms with E-state index in [2.05, 4.69) is 129 Å². The van der Waals surface area contributed by atoms with Gasteiger partial charge in [0.2, 0.25) is 0 Å². The third-order valence-electron chi connectivity index (χ3n) is 10.7. The van der Waals surface area contributed by atoms with Gasteiger partial charge >= 0.3 is 0 Å². The van der Waals surface area contributed by atoms with E-state index in [4.69, 9.17) is 13.3 Å². The zero-order valence-corrected chi connectivity index (χ0v) is 33.1. The zero-order chi connectivity index (χ0) is 31.6. The highest BCUT2D eigenvalue weighted by atomic mass is 28.4. The van der Waals surface area contributed by atoms with Crippen LogP contribution in [-0.4, -0.2) is 55.0 Å². The van der Waals surface area contributed by atoms with Gasteiger partial charge in [-0.2, -0.15) is 0 Å². The van der Waals surface area contributed by atoms with E-state index in [0.717, 1.165) is 13.0 Å². The van der Waals surface area contributed by atoms with Gasteiger partial charge in [-0.05, 0) is 79.6 Å². The minimum atomic E-state index is -2.01. The predicted molar refractivity (Wildman–Crippen MR) is 180 cm³/mol. The summed E-state index contributed by atoms with van der Waals surface area (Å²) in [5.41, 5.74) is 0. The molecular formula is C32H72O4Si3. The Morgan fingerprint density at radius 1 is 0.538 bits per heavy atom. The minimum Gasteiger partial charge on any atom is -0.416 e. The first-order valence-electron chi connectivity index (χ1n) is 15.7. The normalized spacial score (nSPS) is 20.2. The van der Waals surface area contributed by atoms with Crippen LogP contribution in [0.25, 0.3) is 0 Å². The van der Waals surface area contributed by atoms with Crippen LogP contribution in [0.5, 0.6) is 0 Å². The van der Waals surface area contributed by atoms with Crippen molar-refractivity contribution < 1.29 is 18.4 Å². The molecule has 236 valence electrons. The van der Waals surface area contributed by atoms with Gasteiger partial charge in [-0.15, -0.1) is 0 Å². The molecule has 0 saturated carbocycles. The van der Waals surface area contributed by atoms with Crippen molar-refractivity contribution in [3.05, 3.63) is 0 Å². The van der Waals surface area contributed by atoms with E-state index < -0.39 is 31.1 Å². The molecule has 0 aliphatic rings. The van der Waals surface area contributed by atoms with Gasteiger partial charge in [-0.3, -0.25) is 0 Å². The van der Waals surface area contributed by atoms with Gasteiger partial charge in [0.05, 0.1) is 18.3 Å².